The third kappa shape index (κ3) is 2.14. The van der Waals surface area contributed by atoms with Crippen LogP contribution in [0, 0.1) is 6.92 Å². The second kappa shape index (κ2) is 4.66. The van der Waals surface area contributed by atoms with Gasteiger partial charge < -0.3 is 5.11 Å². The molecule has 1 N–H and O–H groups in total. The molecule has 0 spiro atoms. The van der Waals surface area contributed by atoms with Gasteiger partial charge in [-0.05, 0) is 18.6 Å². The summed E-state index contributed by atoms with van der Waals surface area (Å²) in [5, 5.41) is 9.52. The number of rotatable bonds is 3. The van der Waals surface area contributed by atoms with Crippen molar-refractivity contribution in [3.63, 3.8) is 0 Å². The van der Waals surface area contributed by atoms with Crippen molar-refractivity contribution in [2.75, 3.05) is 0 Å². The van der Waals surface area contributed by atoms with Crippen LogP contribution >= 0.6 is 11.3 Å². The van der Waals surface area contributed by atoms with Crippen LogP contribution in [-0.2, 0) is 0 Å². The first-order valence-corrected chi connectivity index (χ1v) is 5.98. The van der Waals surface area contributed by atoms with E-state index in [4.69, 9.17) is 5.11 Å². The minimum absolute atomic E-state index is 0.167. The Morgan fingerprint density at radius 2 is 2.11 bits per heavy atom. The fraction of sp³-hybridized carbons (Fsp3) is 0.167. The standard InChI is InChI=1S/C12H10N2O3S/c1-6-3-4-13-5-8(6)11-14-9(12(16)17)10(18-11)7(2)15/h3-5H,1-2H3,(H,16,17). The lowest BCUT2D eigenvalue weighted by Crippen LogP contribution is -2.03. The average molecular weight is 262 g/mol. The molecular weight excluding hydrogens is 252 g/mol. The predicted molar refractivity (Wildman–Crippen MR) is 67.0 cm³/mol. The molecule has 92 valence electrons. The number of ketones is 1. The van der Waals surface area contributed by atoms with E-state index in [1.165, 1.54) is 6.92 Å². The van der Waals surface area contributed by atoms with Crippen molar-refractivity contribution in [3.05, 3.63) is 34.6 Å². The van der Waals surface area contributed by atoms with Crippen LogP contribution in [0.4, 0.5) is 0 Å². The third-order valence-electron chi connectivity index (χ3n) is 2.42. The van der Waals surface area contributed by atoms with Crippen molar-refractivity contribution in [2.45, 2.75) is 13.8 Å². The van der Waals surface area contributed by atoms with E-state index < -0.39 is 5.97 Å². The maximum atomic E-state index is 11.4. The van der Waals surface area contributed by atoms with Crippen molar-refractivity contribution in [1.29, 1.82) is 0 Å². The molecule has 0 radical (unpaired) electrons. The van der Waals surface area contributed by atoms with Crippen LogP contribution in [0.3, 0.4) is 0 Å². The first-order valence-electron chi connectivity index (χ1n) is 5.16. The smallest absolute Gasteiger partial charge is 0.356 e. The average Bonchev–Trinajstić information content (AvgIpc) is 2.74. The molecule has 2 rings (SSSR count). The summed E-state index contributed by atoms with van der Waals surface area (Å²) >= 11 is 1.08. The van der Waals surface area contributed by atoms with E-state index in [0.717, 1.165) is 22.5 Å². The van der Waals surface area contributed by atoms with Crippen LogP contribution in [0.15, 0.2) is 18.5 Å². The Balaban J connectivity index is 2.61. The van der Waals surface area contributed by atoms with Gasteiger partial charge in [0, 0.05) is 24.9 Å². The van der Waals surface area contributed by atoms with Gasteiger partial charge in [0.2, 0.25) is 0 Å². The second-order valence-corrected chi connectivity index (χ2v) is 4.75. The molecule has 0 saturated carbocycles. The highest BCUT2D eigenvalue weighted by molar-refractivity contribution is 7.17. The van der Waals surface area contributed by atoms with Gasteiger partial charge in [-0.15, -0.1) is 11.3 Å². The number of pyridine rings is 1. The van der Waals surface area contributed by atoms with Crippen LogP contribution in [0.2, 0.25) is 0 Å². The fourth-order valence-corrected chi connectivity index (χ4v) is 2.53. The van der Waals surface area contributed by atoms with Crippen molar-refractivity contribution in [1.82, 2.24) is 9.97 Å². The van der Waals surface area contributed by atoms with Gasteiger partial charge in [-0.2, -0.15) is 0 Å². The number of carboxylic acids is 1. The van der Waals surface area contributed by atoms with E-state index in [1.807, 2.05) is 13.0 Å². The zero-order valence-corrected chi connectivity index (χ0v) is 10.6. The quantitative estimate of drug-likeness (QED) is 0.859. The summed E-state index contributed by atoms with van der Waals surface area (Å²) in [7, 11) is 0. The van der Waals surface area contributed by atoms with Gasteiger partial charge in [0.05, 0.1) is 0 Å². The Morgan fingerprint density at radius 1 is 1.39 bits per heavy atom. The molecule has 2 heterocycles. The molecule has 6 heteroatoms. The molecular formula is C12H10N2O3S. The highest BCUT2D eigenvalue weighted by atomic mass is 32.1. The summed E-state index contributed by atoms with van der Waals surface area (Å²) in [6.07, 6.45) is 3.26. The van der Waals surface area contributed by atoms with Crippen molar-refractivity contribution < 1.29 is 14.7 Å². The topological polar surface area (TPSA) is 80.2 Å². The number of thiazole rings is 1. The lowest BCUT2D eigenvalue weighted by Gasteiger charge is -1.98. The van der Waals surface area contributed by atoms with Crippen LogP contribution in [0.1, 0.15) is 32.6 Å². The highest BCUT2D eigenvalue weighted by Gasteiger charge is 2.21. The lowest BCUT2D eigenvalue weighted by atomic mass is 10.2. The largest absolute Gasteiger partial charge is 0.476 e. The second-order valence-electron chi connectivity index (χ2n) is 3.75. The first-order chi connectivity index (χ1) is 8.50. The molecule has 0 aliphatic rings. The molecule has 2 aromatic heterocycles. The molecule has 0 aliphatic heterocycles. The number of hydrogen-bond acceptors (Lipinski definition) is 5. The van der Waals surface area contributed by atoms with Gasteiger partial charge >= 0.3 is 5.97 Å². The molecule has 0 amide bonds. The van der Waals surface area contributed by atoms with Gasteiger partial charge in [-0.25, -0.2) is 9.78 Å². The molecule has 0 aromatic carbocycles. The maximum Gasteiger partial charge on any atom is 0.356 e. The summed E-state index contributed by atoms with van der Waals surface area (Å²) in [5.74, 6) is -1.48. The number of nitrogens with zero attached hydrogens (tertiary/aromatic N) is 2. The van der Waals surface area contributed by atoms with Crippen molar-refractivity contribution in [2.24, 2.45) is 0 Å². The zero-order chi connectivity index (χ0) is 13.3. The summed E-state index contributed by atoms with van der Waals surface area (Å²) in [5.41, 5.74) is 1.49. The molecule has 0 fully saturated rings. The van der Waals surface area contributed by atoms with Crippen LogP contribution in [0.5, 0.6) is 0 Å². The van der Waals surface area contributed by atoms with Crippen molar-refractivity contribution in [3.8, 4) is 10.6 Å². The molecule has 0 saturated heterocycles. The minimum atomic E-state index is -1.19. The highest BCUT2D eigenvalue weighted by Crippen LogP contribution is 2.30. The summed E-state index contributed by atoms with van der Waals surface area (Å²) < 4.78 is 0. The number of carbonyl (C=O) groups is 2. The van der Waals surface area contributed by atoms with Gasteiger partial charge in [0.25, 0.3) is 0 Å². The molecule has 0 bridgehead atoms. The molecule has 5 nitrogen and oxygen atoms in total. The van der Waals surface area contributed by atoms with Crippen LogP contribution in [0.25, 0.3) is 10.6 Å². The number of Topliss-reactive ketones (excluding diaryl/α,β-unsaturated/α-hetero) is 1. The van der Waals surface area contributed by atoms with E-state index in [-0.39, 0.29) is 16.4 Å². The maximum absolute atomic E-state index is 11.4. The SMILES string of the molecule is CC(=O)c1sc(-c2cnccc2C)nc1C(=O)O. The third-order valence-corrected chi connectivity index (χ3v) is 3.61. The Kier molecular flexibility index (Phi) is 3.20. The van der Waals surface area contributed by atoms with E-state index >= 15 is 0 Å². The number of carboxylic acid groups (broad SMARTS) is 1. The van der Waals surface area contributed by atoms with Gasteiger partial charge in [0.1, 0.15) is 9.88 Å². The number of aromatic carboxylic acids is 1. The normalized spacial score (nSPS) is 10.3. The van der Waals surface area contributed by atoms with Gasteiger partial charge in [-0.3, -0.25) is 9.78 Å². The Bertz CT molecular complexity index is 603. The minimum Gasteiger partial charge on any atom is -0.476 e. The van der Waals surface area contributed by atoms with Crippen LogP contribution in [-0.4, -0.2) is 26.8 Å². The zero-order valence-electron chi connectivity index (χ0n) is 9.80. The Morgan fingerprint density at radius 3 is 2.61 bits per heavy atom. The molecule has 0 unspecified atom stereocenters. The first kappa shape index (κ1) is 12.4. The lowest BCUT2D eigenvalue weighted by molar-refractivity contribution is 0.0687. The number of aromatic nitrogens is 2. The predicted octanol–water partition coefficient (Wildman–Crippen LogP) is 2.41. The van der Waals surface area contributed by atoms with Gasteiger partial charge in [0.15, 0.2) is 11.5 Å². The molecule has 18 heavy (non-hydrogen) atoms. The number of aryl methyl sites for hydroxylation is 1. The van der Waals surface area contributed by atoms with Gasteiger partial charge in [-0.1, -0.05) is 0 Å². The van der Waals surface area contributed by atoms with Crippen LogP contribution < -0.4 is 0 Å². The fourth-order valence-electron chi connectivity index (χ4n) is 1.51. The van der Waals surface area contributed by atoms with E-state index in [0.29, 0.717) is 5.01 Å². The summed E-state index contributed by atoms with van der Waals surface area (Å²) in [6, 6.07) is 1.81. The summed E-state index contributed by atoms with van der Waals surface area (Å²) in [4.78, 5) is 30.6. The Labute approximate surface area is 107 Å². The van der Waals surface area contributed by atoms with E-state index in [1.54, 1.807) is 12.4 Å². The van der Waals surface area contributed by atoms with Crippen molar-refractivity contribution >= 4 is 23.1 Å². The summed E-state index contributed by atoms with van der Waals surface area (Å²) in [6.45, 7) is 3.21. The number of carbonyl (C=O) groups excluding carboxylic acids is 1. The molecule has 2 aromatic rings. The molecule has 0 aliphatic carbocycles. The number of hydrogen-bond donors (Lipinski definition) is 1. The van der Waals surface area contributed by atoms with E-state index in [9.17, 15) is 9.59 Å². The Hall–Kier alpha value is -2.08. The molecule has 0 atom stereocenters. The monoisotopic (exact) mass is 262 g/mol. The van der Waals surface area contributed by atoms with E-state index in [2.05, 4.69) is 9.97 Å².